The highest BCUT2D eigenvalue weighted by atomic mass is 32.2. The molecule has 24 heavy (non-hydrogen) atoms. The maximum absolute atomic E-state index is 13.2. The Morgan fingerprint density at radius 3 is 2.33 bits per heavy atom. The summed E-state index contributed by atoms with van der Waals surface area (Å²) in [5, 5.41) is 6.80. The van der Waals surface area contributed by atoms with Gasteiger partial charge in [-0.2, -0.15) is 22.1 Å². The second kappa shape index (κ2) is 7.92. The van der Waals surface area contributed by atoms with Crippen molar-refractivity contribution in [2.24, 2.45) is 0 Å². The molecule has 1 aromatic carbocycles. The molecule has 0 unspecified atom stereocenters. The van der Waals surface area contributed by atoms with Crippen LogP contribution in [-0.4, -0.2) is 40.3 Å². The fraction of sp³-hybridized carbons (Fsp3) is 0.471. The molecular weight excluding hydrogens is 324 g/mol. The minimum Gasteiger partial charge on any atom is -0.281 e. The van der Waals surface area contributed by atoms with Crippen LogP contribution in [0.4, 0.5) is 0 Å². The zero-order valence-corrected chi connectivity index (χ0v) is 14.6. The first kappa shape index (κ1) is 17.1. The fourth-order valence-corrected chi connectivity index (χ4v) is 4.67. The Balaban J connectivity index is 1.84. The van der Waals surface area contributed by atoms with Crippen molar-refractivity contribution in [1.82, 2.24) is 18.8 Å². The van der Waals surface area contributed by atoms with Gasteiger partial charge in [0.2, 0.25) is 0 Å². The van der Waals surface area contributed by atoms with Crippen LogP contribution < -0.4 is 0 Å². The van der Waals surface area contributed by atoms with Crippen molar-refractivity contribution in [2.75, 3.05) is 13.1 Å². The van der Waals surface area contributed by atoms with Gasteiger partial charge in [0.1, 0.15) is 0 Å². The molecule has 0 bridgehead atoms. The predicted octanol–water partition coefficient (Wildman–Crippen LogP) is 2.53. The molecule has 0 saturated carbocycles. The lowest BCUT2D eigenvalue weighted by Crippen LogP contribution is -2.43. The first-order valence-corrected chi connectivity index (χ1v) is 9.83. The van der Waals surface area contributed by atoms with Crippen LogP contribution in [-0.2, 0) is 23.3 Å². The minimum absolute atomic E-state index is 0.299. The predicted molar refractivity (Wildman–Crippen MR) is 93.2 cm³/mol. The van der Waals surface area contributed by atoms with E-state index in [1.807, 2.05) is 36.4 Å². The third kappa shape index (κ3) is 4.23. The Kier molecular flexibility index (Phi) is 5.65. The topological polar surface area (TPSA) is 69.3 Å². The maximum Gasteiger partial charge on any atom is 0.282 e. The molecule has 130 valence electrons. The Bertz CT molecular complexity index is 708. The van der Waals surface area contributed by atoms with Crippen LogP contribution in [0.5, 0.6) is 0 Å². The lowest BCUT2D eigenvalue weighted by Gasteiger charge is -2.29. The van der Waals surface area contributed by atoms with Crippen LogP contribution in [0.25, 0.3) is 0 Å². The van der Waals surface area contributed by atoms with Crippen LogP contribution in [0, 0.1) is 0 Å². The second-order valence-corrected chi connectivity index (χ2v) is 8.09. The summed E-state index contributed by atoms with van der Waals surface area (Å²) in [7, 11) is -3.50. The monoisotopic (exact) mass is 348 g/mol. The van der Waals surface area contributed by atoms with Gasteiger partial charge in [-0.15, -0.1) is 0 Å². The van der Waals surface area contributed by atoms with Gasteiger partial charge in [-0.05, 0) is 24.5 Å². The molecule has 0 atom stereocenters. The molecule has 6 nitrogen and oxygen atoms in total. The molecule has 0 amide bonds. The summed E-state index contributed by atoms with van der Waals surface area (Å²) in [6, 6.07) is 11.5. The van der Waals surface area contributed by atoms with Gasteiger partial charge >= 0.3 is 0 Å². The SMILES string of the molecule is O=S(=O)(N1CCCCCC1)N(Cc1ccccc1)Cc1ccn[nH]1. The Hall–Kier alpha value is -1.70. The second-order valence-electron chi connectivity index (χ2n) is 6.16. The zero-order valence-electron chi connectivity index (χ0n) is 13.8. The third-order valence-electron chi connectivity index (χ3n) is 4.32. The molecule has 0 aliphatic carbocycles. The molecule has 2 heterocycles. The van der Waals surface area contributed by atoms with Crippen molar-refractivity contribution in [3.05, 3.63) is 53.9 Å². The van der Waals surface area contributed by atoms with Crippen LogP contribution >= 0.6 is 0 Å². The summed E-state index contributed by atoms with van der Waals surface area (Å²) in [4.78, 5) is 0. The van der Waals surface area contributed by atoms with Gasteiger partial charge in [0, 0.05) is 25.8 Å². The molecular formula is C17H24N4O2S. The van der Waals surface area contributed by atoms with E-state index in [9.17, 15) is 8.42 Å². The van der Waals surface area contributed by atoms with Crippen LogP contribution in [0.15, 0.2) is 42.6 Å². The van der Waals surface area contributed by atoms with Crippen molar-refractivity contribution in [1.29, 1.82) is 0 Å². The molecule has 1 aliphatic heterocycles. The number of rotatable bonds is 6. The average Bonchev–Trinajstić information content (AvgIpc) is 2.94. The number of hydrogen-bond donors (Lipinski definition) is 1. The normalized spacial score (nSPS) is 17.0. The molecule has 0 spiro atoms. The molecule has 1 aromatic heterocycles. The van der Waals surface area contributed by atoms with E-state index in [1.54, 1.807) is 14.8 Å². The first-order chi connectivity index (χ1) is 11.7. The zero-order chi connectivity index (χ0) is 16.8. The molecule has 0 radical (unpaired) electrons. The highest BCUT2D eigenvalue weighted by Crippen LogP contribution is 2.20. The summed E-state index contributed by atoms with van der Waals surface area (Å²) >= 11 is 0. The Morgan fingerprint density at radius 1 is 1.00 bits per heavy atom. The molecule has 1 N–H and O–H groups in total. The van der Waals surface area contributed by atoms with E-state index in [1.165, 1.54) is 0 Å². The largest absolute Gasteiger partial charge is 0.282 e. The maximum atomic E-state index is 13.2. The lowest BCUT2D eigenvalue weighted by molar-refractivity contribution is 0.329. The van der Waals surface area contributed by atoms with Gasteiger partial charge in [0.15, 0.2) is 0 Å². The number of aromatic amines is 1. The third-order valence-corrected chi connectivity index (χ3v) is 6.25. The number of aromatic nitrogens is 2. The van der Waals surface area contributed by atoms with E-state index in [0.717, 1.165) is 36.9 Å². The summed E-state index contributed by atoms with van der Waals surface area (Å²) in [6.45, 7) is 1.87. The number of H-pyrrole nitrogens is 1. The van der Waals surface area contributed by atoms with Crippen molar-refractivity contribution in [3.63, 3.8) is 0 Å². The van der Waals surface area contributed by atoms with E-state index in [4.69, 9.17) is 0 Å². The highest BCUT2D eigenvalue weighted by molar-refractivity contribution is 7.86. The summed E-state index contributed by atoms with van der Waals surface area (Å²) in [5.41, 5.74) is 1.78. The molecule has 1 saturated heterocycles. The van der Waals surface area contributed by atoms with E-state index < -0.39 is 10.2 Å². The number of hydrogen-bond acceptors (Lipinski definition) is 3. The van der Waals surface area contributed by atoms with Gasteiger partial charge in [-0.1, -0.05) is 43.2 Å². The molecule has 7 heteroatoms. The number of benzene rings is 1. The molecule has 1 aliphatic rings. The van der Waals surface area contributed by atoms with Gasteiger partial charge in [-0.3, -0.25) is 5.10 Å². The van der Waals surface area contributed by atoms with Gasteiger partial charge < -0.3 is 0 Å². The van der Waals surface area contributed by atoms with Crippen LogP contribution in [0.2, 0.25) is 0 Å². The summed E-state index contributed by atoms with van der Waals surface area (Å²) in [6.07, 6.45) is 5.72. The van der Waals surface area contributed by atoms with Gasteiger partial charge in [0.05, 0.1) is 12.2 Å². The average molecular weight is 348 g/mol. The van der Waals surface area contributed by atoms with Crippen LogP contribution in [0.1, 0.15) is 36.9 Å². The summed E-state index contributed by atoms with van der Waals surface area (Å²) < 4.78 is 29.6. The van der Waals surface area contributed by atoms with E-state index >= 15 is 0 Å². The highest BCUT2D eigenvalue weighted by Gasteiger charge is 2.30. The summed E-state index contributed by atoms with van der Waals surface area (Å²) in [5.74, 6) is 0. The molecule has 3 rings (SSSR count). The molecule has 1 fully saturated rings. The lowest BCUT2D eigenvalue weighted by atomic mass is 10.2. The number of nitrogens with one attached hydrogen (secondary N) is 1. The van der Waals surface area contributed by atoms with E-state index in [2.05, 4.69) is 10.2 Å². The minimum atomic E-state index is -3.50. The van der Waals surface area contributed by atoms with E-state index in [-0.39, 0.29) is 0 Å². The quantitative estimate of drug-likeness (QED) is 0.872. The van der Waals surface area contributed by atoms with Gasteiger partial charge in [0.25, 0.3) is 10.2 Å². The smallest absolute Gasteiger partial charge is 0.281 e. The fourth-order valence-electron chi connectivity index (χ4n) is 3.00. The van der Waals surface area contributed by atoms with E-state index in [0.29, 0.717) is 26.2 Å². The number of nitrogens with zero attached hydrogens (tertiary/aromatic N) is 3. The Morgan fingerprint density at radius 2 is 1.71 bits per heavy atom. The van der Waals surface area contributed by atoms with Crippen molar-refractivity contribution >= 4 is 10.2 Å². The van der Waals surface area contributed by atoms with Crippen molar-refractivity contribution in [3.8, 4) is 0 Å². The standard InChI is InChI=1S/C17H24N4O2S/c22-24(23,20-12-6-1-2-7-13-20)21(15-17-10-11-18-19-17)14-16-8-4-3-5-9-16/h3-5,8-11H,1-2,6-7,12-15H2,(H,18,19). The Labute approximate surface area is 143 Å². The van der Waals surface area contributed by atoms with Crippen molar-refractivity contribution < 1.29 is 8.42 Å². The first-order valence-electron chi connectivity index (χ1n) is 8.43. The van der Waals surface area contributed by atoms with Crippen molar-refractivity contribution in [2.45, 2.75) is 38.8 Å². The van der Waals surface area contributed by atoms with Gasteiger partial charge in [-0.25, -0.2) is 0 Å². The molecule has 2 aromatic rings. The van der Waals surface area contributed by atoms with Crippen LogP contribution in [0.3, 0.4) is 0 Å².